The number of ketones is 2. The molecule has 2 N–H and O–H groups in total. The van der Waals surface area contributed by atoms with Crippen LogP contribution in [0.5, 0.6) is 0 Å². The first-order valence-electron chi connectivity index (χ1n) is 13.2. The van der Waals surface area contributed by atoms with Crippen LogP contribution in [-0.2, 0) is 6.54 Å². The molecule has 0 aliphatic heterocycles. The van der Waals surface area contributed by atoms with E-state index < -0.39 is 0 Å². The molecule has 0 saturated heterocycles. The van der Waals surface area contributed by atoms with Crippen molar-refractivity contribution in [1.29, 1.82) is 0 Å². The molecule has 1 heterocycles. The molecule has 1 fully saturated rings. The van der Waals surface area contributed by atoms with Crippen molar-refractivity contribution in [2.75, 3.05) is 24.3 Å². The van der Waals surface area contributed by atoms with Crippen LogP contribution in [0.3, 0.4) is 0 Å². The van der Waals surface area contributed by atoms with E-state index in [0.29, 0.717) is 46.8 Å². The van der Waals surface area contributed by atoms with Crippen LogP contribution >= 0.6 is 0 Å². The Kier molecular flexibility index (Phi) is 6.37. The molecule has 0 amide bonds. The monoisotopic (exact) mass is 505 g/mol. The highest BCUT2D eigenvalue weighted by molar-refractivity contribution is 6.28. The van der Waals surface area contributed by atoms with Gasteiger partial charge in [0.05, 0.1) is 5.52 Å². The van der Waals surface area contributed by atoms with Gasteiger partial charge >= 0.3 is 0 Å². The molecular formula is C31H31N5O2. The first-order valence-corrected chi connectivity index (χ1v) is 13.2. The number of nitrogens with one attached hydrogen (secondary N) is 2. The summed E-state index contributed by atoms with van der Waals surface area (Å²) >= 11 is 0. The maximum Gasteiger partial charge on any atom is 0.225 e. The van der Waals surface area contributed by atoms with Gasteiger partial charge < -0.3 is 15.5 Å². The van der Waals surface area contributed by atoms with Crippen molar-refractivity contribution < 1.29 is 9.59 Å². The van der Waals surface area contributed by atoms with Gasteiger partial charge in [0.15, 0.2) is 11.6 Å². The molecule has 0 radical (unpaired) electrons. The summed E-state index contributed by atoms with van der Waals surface area (Å²) in [5.41, 5.74) is 3.95. The average Bonchev–Trinajstić information content (AvgIpc) is 2.95. The zero-order valence-electron chi connectivity index (χ0n) is 21.7. The maximum atomic E-state index is 13.0. The number of hydrogen-bond donors (Lipinski definition) is 2. The lowest BCUT2D eigenvalue weighted by Gasteiger charge is -2.30. The van der Waals surface area contributed by atoms with Crippen molar-refractivity contribution in [3.8, 4) is 0 Å². The summed E-state index contributed by atoms with van der Waals surface area (Å²) in [6.45, 7) is 0.666. The number of aromatic nitrogens is 2. The molecule has 38 heavy (non-hydrogen) atoms. The molecule has 7 nitrogen and oxygen atoms in total. The third-order valence-corrected chi connectivity index (χ3v) is 7.65. The molecule has 0 atom stereocenters. The standard InChI is InChI=1S/C31H31N5O2/c1-36(2)30-25-9-5-6-10-27(25)34-31(35-30)33-21-14-12-20(13-15-21)32-18-19-11-16-24-26(17-19)29(38)23-8-4-3-7-22(23)28(24)37/h3-11,16-17,20-21,32H,12-15,18H2,1-2H3,(H,33,34,35). The van der Waals surface area contributed by atoms with Gasteiger partial charge in [0.1, 0.15) is 5.82 Å². The van der Waals surface area contributed by atoms with Crippen LogP contribution in [0, 0.1) is 0 Å². The van der Waals surface area contributed by atoms with E-state index >= 15 is 0 Å². The Morgan fingerprint density at radius 2 is 1.39 bits per heavy atom. The summed E-state index contributed by atoms with van der Waals surface area (Å²) in [4.78, 5) is 37.5. The van der Waals surface area contributed by atoms with Crippen molar-refractivity contribution in [1.82, 2.24) is 15.3 Å². The second-order valence-electron chi connectivity index (χ2n) is 10.4. The highest BCUT2D eigenvalue weighted by atomic mass is 16.1. The van der Waals surface area contributed by atoms with Crippen LogP contribution in [0.1, 0.15) is 63.1 Å². The number of rotatable bonds is 6. The molecule has 4 aromatic rings. The number of hydrogen-bond acceptors (Lipinski definition) is 7. The largest absolute Gasteiger partial charge is 0.362 e. The first-order chi connectivity index (χ1) is 18.5. The maximum absolute atomic E-state index is 13.0. The molecular weight excluding hydrogens is 474 g/mol. The molecule has 2 aliphatic rings. The SMILES string of the molecule is CN(C)c1nc(NC2CCC(NCc3ccc4c(c3)C(=O)c3ccccc3C4=O)CC2)nc2ccccc12. The van der Waals surface area contributed by atoms with E-state index in [1.165, 1.54) is 0 Å². The minimum Gasteiger partial charge on any atom is -0.362 e. The highest BCUT2D eigenvalue weighted by Gasteiger charge is 2.29. The molecule has 1 saturated carbocycles. The fraction of sp³-hybridized carbons (Fsp3) is 0.290. The summed E-state index contributed by atoms with van der Waals surface area (Å²) in [6, 6.07) is 21.5. The molecule has 0 spiro atoms. The lowest BCUT2D eigenvalue weighted by Crippen LogP contribution is -2.37. The van der Waals surface area contributed by atoms with E-state index in [1.807, 2.05) is 49.3 Å². The Balaban J connectivity index is 1.07. The van der Waals surface area contributed by atoms with E-state index in [9.17, 15) is 9.59 Å². The molecule has 2 aliphatic carbocycles. The van der Waals surface area contributed by atoms with Crippen molar-refractivity contribution >= 4 is 34.2 Å². The van der Waals surface area contributed by atoms with Crippen LogP contribution in [0.2, 0.25) is 0 Å². The predicted octanol–water partition coefficient (Wildman–Crippen LogP) is 4.98. The quantitative estimate of drug-likeness (QED) is 0.336. The smallest absolute Gasteiger partial charge is 0.225 e. The van der Waals surface area contributed by atoms with Crippen molar-refractivity contribution in [2.45, 2.75) is 44.3 Å². The van der Waals surface area contributed by atoms with Crippen LogP contribution in [0.4, 0.5) is 11.8 Å². The second kappa shape index (κ2) is 9.99. The Hall–Kier alpha value is -4.10. The van der Waals surface area contributed by atoms with Gasteiger partial charge in [-0.25, -0.2) is 4.98 Å². The summed E-state index contributed by atoms with van der Waals surface area (Å²) in [5, 5.41) is 8.28. The van der Waals surface area contributed by atoms with Gasteiger partial charge in [0, 0.05) is 60.4 Å². The Labute approximate surface area is 222 Å². The average molecular weight is 506 g/mol. The number of benzene rings is 3. The molecule has 6 rings (SSSR count). The van der Waals surface area contributed by atoms with Gasteiger partial charge in [0.2, 0.25) is 5.95 Å². The molecule has 0 unspecified atom stereocenters. The number of nitrogens with zero attached hydrogens (tertiary/aromatic N) is 3. The number of carbonyl (C=O) groups is 2. The van der Waals surface area contributed by atoms with Gasteiger partial charge in [-0.15, -0.1) is 0 Å². The predicted molar refractivity (Wildman–Crippen MR) is 150 cm³/mol. The topological polar surface area (TPSA) is 87.2 Å². The van der Waals surface area contributed by atoms with E-state index in [1.54, 1.807) is 30.3 Å². The highest BCUT2D eigenvalue weighted by Crippen LogP contribution is 2.29. The van der Waals surface area contributed by atoms with Gasteiger partial charge in [-0.05, 0) is 55.5 Å². The molecule has 1 aromatic heterocycles. The minimum atomic E-state index is -0.0753. The van der Waals surface area contributed by atoms with Crippen LogP contribution < -0.4 is 15.5 Å². The van der Waals surface area contributed by atoms with Gasteiger partial charge in [-0.2, -0.15) is 4.98 Å². The second-order valence-corrected chi connectivity index (χ2v) is 10.4. The van der Waals surface area contributed by atoms with Crippen molar-refractivity contribution in [2.24, 2.45) is 0 Å². The minimum absolute atomic E-state index is 0.0723. The summed E-state index contributed by atoms with van der Waals surface area (Å²) in [6.07, 6.45) is 4.14. The molecule has 7 heteroatoms. The van der Waals surface area contributed by atoms with Crippen molar-refractivity contribution in [3.63, 3.8) is 0 Å². The van der Waals surface area contributed by atoms with Gasteiger partial charge in [0.25, 0.3) is 0 Å². The van der Waals surface area contributed by atoms with Gasteiger partial charge in [-0.3, -0.25) is 9.59 Å². The molecule has 192 valence electrons. The summed E-state index contributed by atoms with van der Waals surface area (Å²) in [5.74, 6) is 1.45. The third-order valence-electron chi connectivity index (χ3n) is 7.65. The van der Waals surface area contributed by atoms with E-state index in [-0.39, 0.29) is 11.6 Å². The molecule has 3 aromatic carbocycles. The normalized spacial score (nSPS) is 18.7. The summed E-state index contributed by atoms with van der Waals surface area (Å²) in [7, 11) is 4.01. The number of anilines is 2. The third kappa shape index (κ3) is 4.54. The van der Waals surface area contributed by atoms with Crippen LogP contribution in [-0.4, -0.2) is 47.7 Å². The van der Waals surface area contributed by atoms with Crippen molar-refractivity contribution in [3.05, 3.63) is 94.5 Å². The van der Waals surface area contributed by atoms with Crippen LogP contribution in [0.15, 0.2) is 66.7 Å². The Bertz CT molecular complexity index is 1540. The van der Waals surface area contributed by atoms with Gasteiger partial charge in [-0.1, -0.05) is 42.5 Å². The molecule has 0 bridgehead atoms. The first kappa shape index (κ1) is 24.2. The van der Waals surface area contributed by atoms with E-state index in [4.69, 9.17) is 9.97 Å². The lowest BCUT2D eigenvalue weighted by atomic mass is 9.83. The van der Waals surface area contributed by atoms with E-state index in [0.717, 1.165) is 48.0 Å². The number of fused-ring (bicyclic) bond motifs is 3. The fourth-order valence-corrected chi connectivity index (χ4v) is 5.61. The Morgan fingerprint density at radius 3 is 2.13 bits per heavy atom. The fourth-order valence-electron chi connectivity index (χ4n) is 5.61. The zero-order chi connectivity index (χ0) is 26.2. The Morgan fingerprint density at radius 1 is 0.763 bits per heavy atom. The van der Waals surface area contributed by atoms with Crippen LogP contribution in [0.25, 0.3) is 10.9 Å². The van der Waals surface area contributed by atoms with E-state index in [2.05, 4.69) is 16.7 Å². The summed E-state index contributed by atoms with van der Waals surface area (Å²) < 4.78 is 0. The number of para-hydroxylation sites is 1. The number of carbonyl (C=O) groups excluding carboxylic acids is 2. The zero-order valence-corrected chi connectivity index (χ0v) is 21.7. The lowest BCUT2D eigenvalue weighted by molar-refractivity contribution is 0.0979.